The molecule has 0 radical (unpaired) electrons. The highest BCUT2D eigenvalue weighted by Gasteiger charge is 2.03. The number of nitrogens with one attached hydrogen (secondary N) is 1. The second-order valence-corrected chi connectivity index (χ2v) is 4.57. The van der Waals surface area contributed by atoms with Gasteiger partial charge in [-0.2, -0.15) is 0 Å². The summed E-state index contributed by atoms with van der Waals surface area (Å²) in [6, 6.07) is 5.45. The Kier molecular flexibility index (Phi) is 5.43. The highest BCUT2D eigenvalue weighted by atomic mass is 16.5. The van der Waals surface area contributed by atoms with Gasteiger partial charge in [-0.25, -0.2) is 4.98 Å². The van der Waals surface area contributed by atoms with Crippen LogP contribution in [0.3, 0.4) is 0 Å². The van der Waals surface area contributed by atoms with E-state index in [2.05, 4.69) is 14.9 Å². The van der Waals surface area contributed by atoms with Crippen LogP contribution in [-0.2, 0) is 13.1 Å². The molecule has 5 nitrogen and oxygen atoms in total. The van der Waals surface area contributed by atoms with E-state index in [-0.39, 0.29) is 5.75 Å². The zero-order chi connectivity index (χ0) is 14.2. The Balaban J connectivity index is 1.72. The number of rotatable bonds is 8. The summed E-state index contributed by atoms with van der Waals surface area (Å²) in [6.07, 6.45) is 6.63. The molecule has 2 aromatic rings. The predicted octanol–water partition coefficient (Wildman–Crippen LogP) is 2.17. The van der Waals surface area contributed by atoms with Gasteiger partial charge < -0.3 is 19.7 Å². The van der Waals surface area contributed by atoms with Crippen molar-refractivity contribution in [3.05, 3.63) is 42.5 Å². The third kappa shape index (κ3) is 4.28. The molecule has 1 aromatic carbocycles. The van der Waals surface area contributed by atoms with Gasteiger partial charge in [0.2, 0.25) is 0 Å². The summed E-state index contributed by atoms with van der Waals surface area (Å²) in [7, 11) is 0. The highest BCUT2D eigenvalue weighted by molar-refractivity contribution is 5.41. The van der Waals surface area contributed by atoms with Crippen molar-refractivity contribution in [1.82, 2.24) is 14.9 Å². The van der Waals surface area contributed by atoms with Crippen LogP contribution >= 0.6 is 0 Å². The molecule has 0 atom stereocenters. The van der Waals surface area contributed by atoms with Gasteiger partial charge in [0.05, 0.1) is 12.9 Å². The van der Waals surface area contributed by atoms with Crippen molar-refractivity contribution in [1.29, 1.82) is 0 Å². The van der Waals surface area contributed by atoms with Crippen molar-refractivity contribution in [3.8, 4) is 11.5 Å². The summed E-state index contributed by atoms with van der Waals surface area (Å²) in [5.41, 5.74) is 1.11. The first kappa shape index (κ1) is 14.4. The van der Waals surface area contributed by atoms with E-state index in [1.807, 2.05) is 31.6 Å². The van der Waals surface area contributed by atoms with Crippen LogP contribution in [0.5, 0.6) is 11.5 Å². The second-order valence-electron chi connectivity index (χ2n) is 4.57. The molecule has 0 fully saturated rings. The normalized spacial score (nSPS) is 10.7. The van der Waals surface area contributed by atoms with E-state index in [9.17, 15) is 5.11 Å². The van der Waals surface area contributed by atoms with Crippen LogP contribution in [-0.4, -0.2) is 27.8 Å². The van der Waals surface area contributed by atoms with Crippen LogP contribution in [0.2, 0.25) is 0 Å². The number of hydrogen-bond acceptors (Lipinski definition) is 4. The largest absolute Gasteiger partial charge is 0.504 e. The second kappa shape index (κ2) is 7.55. The topological polar surface area (TPSA) is 59.3 Å². The van der Waals surface area contributed by atoms with Crippen LogP contribution in [0, 0.1) is 0 Å². The molecule has 2 rings (SSSR count). The van der Waals surface area contributed by atoms with E-state index >= 15 is 0 Å². The van der Waals surface area contributed by atoms with Gasteiger partial charge in [-0.3, -0.25) is 0 Å². The van der Waals surface area contributed by atoms with Gasteiger partial charge in [-0.05, 0) is 37.6 Å². The molecule has 1 heterocycles. The van der Waals surface area contributed by atoms with Crippen LogP contribution in [0.4, 0.5) is 0 Å². The molecule has 0 aliphatic carbocycles. The fourth-order valence-electron chi connectivity index (χ4n) is 1.98. The first-order valence-electron chi connectivity index (χ1n) is 6.90. The molecule has 0 aliphatic heterocycles. The van der Waals surface area contributed by atoms with Crippen molar-refractivity contribution < 1.29 is 9.84 Å². The fourth-order valence-corrected chi connectivity index (χ4v) is 1.98. The molecule has 0 unspecified atom stereocenters. The van der Waals surface area contributed by atoms with E-state index in [1.165, 1.54) is 0 Å². The number of aromatic nitrogens is 2. The number of aryl methyl sites for hydroxylation is 1. The summed E-state index contributed by atoms with van der Waals surface area (Å²) in [4.78, 5) is 4.01. The van der Waals surface area contributed by atoms with E-state index < -0.39 is 0 Å². The van der Waals surface area contributed by atoms with E-state index in [1.54, 1.807) is 12.3 Å². The standard InChI is InChI=1S/C15H21N3O2/c1-2-20-15-10-13(4-5-14(15)19)11-16-6-3-8-18-9-7-17-12-18/h4-5,7,9-10,12,16,19H,2-3,6,8,11H2,1H3. The summed E-state index contributed by atoms with van der Waals surface area (Å²) >= 11 is 0. The van der Waals surface area contributed by atoms with Crippen molar-refractivity contribution in [2.75, 3.05) is 13.2 Å². The Bertz CT molecular complexity index is 512. The van der Waals surface area contributed by atoms with Gasteiger partial charge >= 0.3 is 0 Å². The van der Waals surface area contributed by atoms with Crippen LogP contribution in [0.15, 0.2) is 36.9 Å². The zero-order valence-corrected chi connectivity index (χ0v) is 11.7. The van der Waals surface area contributed by atoms with Gasteiger partial charge in [0, 0.05) is 25.5 Å². The minimum absolute atomic E-state index is 0.190. The zero-order valence-electron chi connectivity index (χ0n) is 11.7. The molecule has 0 saturated heterocycles. The number of nitrogens with zero attached hydrogens (tertiary/aromatic N) is 2. The van der Waals surface area contributed by atoms with E-state index in [0.717, 1.165) is 31.6 Å². The lowest BCUT2D eigenvalue weighted by atomic mass is 10.2. The van der Waals surface area contributed by atoms with E-state index in [0.29, 0.717) is 12.4 Å². The number of imidazole rings is 1. The monoisotopic (exact) mass is 275 g/mol. The molecular formula is C15H21N3O2. The molecule has 0 saturated carbocycles. The minimum atomic E-state index is 0.190. The average molecular weight is 275 g/mol. The van der Waals surface area contributed by atoms with Crippen molar-refractivity contribution in [2.24, 2.45) is 0 Å². The SMILES string of the molecule is CCOc1cc(CNCCCn2ccnc2)ccc1O. The number of ether oxygens (including phenoxy) is 1. The first-order valence-corrected chi connectivity index (χ1v) is 6.90. The predicted molar refractivity (Wildman–Crippen MR) is 77.8 cm³/mol. The smallest absolute Gasteiger partial charge is 0.161 e. The third-order valence-electron chi connectivity index (χ3n) is 2.98. The molecular weight excluding hydrogens is 254 g/mol. The van der Waals surface area contributed by atoms with Crippen molar-refractivity contribution in [2.45, 2.75) is 26.4 Å². The van der Waals surface area contributed by atoms with Gasteiger partial charge in [0.1, 0.15) is 0 Å². The van der Waals surface area contributed by atoms with Gasteiger partial charge in [-0.1, -0.05) is 6.07 Å². The van der Waals surface area contributed by atoms with Crippen molar-refractivity contribution >= 4 is 0 Å². The average Bonchev–Trinajstić information content (AvgIpc) is 2.95. The Hall–Kier alpha value is -2.01. The summed E-state index contributed by atoms with van der Waals surface area (Å²) in [5, 5.41) is 13.0. The van der Waals surface area contributed by atoms with Crippen LogP contribution in [0.1, 0.15) is 18.9 Å². The number of aromatic hydroxyl groups is 1. The Labute approximate surface area is 119 Å². The fraction of sp³-hybridized carbons (Fsp3) is 0.400. The molecule has 0 spiro atoms. The number of hydrogen-bond donors (Lipinski definition) is 2. The molecule has 5 heteroatoms. The molecule has 0 amide bonds. The Morgan fingerprint density at radius 3 is 3.05 bits per heavy atom. The first-order chi connectivity index (χ1) is 9.79. The summed E-state index contributed by atoms with van der Waals surface area (Å²) < 4.78 is 7.43. The Morgan fingerprint density at radius 1 is 1.40 bits per heavy atom. The maximum absolute atomic E-state index is 9.63. The van der Waals surface area contributed by atoms with Crippen LogP contribution in [0.25, 0.3) is 0 Å². The lowest BCUT2D eigenvalue weighted by molar-refractivity contribution is 0.317. The molecule has 108 valence electrons. The number of phenolic OH excluding ortho intramolecular Hbond substituents is 1. The lowest BCUT2D eigenvalue weighted by Gasteiger charge is -2.09. The number of benzene rings is 1. The Morgan fingerprint density at radius 2 is 2.30 bits per heavy atom. The summed E-state index contributed by atoms with van der Waals surface area (Å²) in [5.74, 6) is 0.737. The highest BCUT2D eigenvalue weighted by Crippen LogP contribution is 2.26. The van der Waals surface area contributed by atoms with Gasteiger partial charge in [0.25, 0.3) is 0 Å². The summed E-state index contributed by atoms with van der Waals surface area (Å²) in [6.45, 7) is 5.12. The minimum Gasteiger partial charge on any atom is -0.504 e. The van der Waals surface area contributed by atoms with E-state index in [4.69, 9.17) is 4.74 Å². The quantitative estimate of drug-likeness (QED) is 0.725. The van der Waals surface area contributed by atoms with Gasteiger partial charge in [0.15, 0.2) is 11.5 Å². The molecule has 0 bridgehead atoms. The maximum atomic E-state index is 9.63. The van der Waals surface area contributed by atoms with Crippen molar-refractivity contribution in [3.63, 3.8) is 0 Å². The lowest BCUT2D eigenvalue weighted by Crippen LogP contribution is -2.16. The molecule has 2 N–H and O–H groups in total. The number of phenols is 1. The third-order valence-corrected chi connectivity index (χ3v) is 2.98. The molecule has 20 heavy (non-hydrogen) atoms. The van der Waals surface area contributed by atoms with Gasteiger partial charge in [-0.15, -0.1) is 0 Å². The maximum Gasteiger partial charge on any atom is 0.161 e. The molecule has 1 aromatic heterocycles. The van der Waals surface area contributed by atoms with Crippen LogP contribution < -0.4 is 10.1 Å². The molecule has 0 aliphatic rings.